The van der Waals surface area contributed by atoms with Crippen LogP contribution in [-0.4, -0.2) is 25.0 Å². The van der Waals surface area contributed by atoms with Crippen molar-refractivity contribution < 1.29 is 9.13 Å². The fraction of sp³-hybridized carbons (Fsp3) is 0.143. The minimum absolute atomic E-state index is 0.245. The van der Waals surface area contributed by atoms with Crippen molar-refractivity contribution in [3.63, 3.8) is 0 Å². The third kappa shape index (κ3) is 2.86. The summed E-state index contributed by atoms with van der Waals surface area (Å²) in [6.45, 7) is 2.08. The van der Waals surface area contributed by atoms with E-state index < -0.39 is 0 Å². The molecule has 0 saturated carbocycles. The standard InChI is InChI=1S/C14H12FN5O/c1-10-13(9-21-14-8-16-6-7-17-14)20(19-18-10)12-4-2-11(15)3-5-12/h2-8H,9H2,1H3. The Labute approximate surface area is 120 Å². The fourth-order valence-corrected chi connectivity index (χ4v) is 1.83. The molecule has 6 nitrogen and oxygen atoms in total. The number of benzene rings is 1. The zero-order valence-electron chi connectivity index (χ0n) is 11.3. The van der Waals surface area contributed by atoms with E-state index in [-0.39, 0.29) is 12.4 Å². The molecule has 2 aromatic heterocycles. The van der Waals surface area contributed by atoms with Crippen molar-refractivity contribution in [1.82, 2.24) is 25.0 Å². The molecule has 0 N–H and O–H groups in total. The SMILES string of the molecule is Cc1nnn(-c2ccc(F)cc2)c1COc1cnccn1. The monoisotopic (exact) mass is 285 g/mol. The third-order valence-electron chi connectivity index (χ3n) is 2.92. The van der Waals surface area contributed by atoms with Gasteiger partial charge in [0.2, 0.25) is 5.88 Å². The quantitative estimate of drug-likeness (QED) is 0.734. The van der Waals surface area contributed by atoms with Gasteiger partial charge >= 0.3 is 0 Å². The summed E-state index contributed by atoms with van der Waals surface area (Å²) in [5.74, 6) is 0.122. The molecule has 2 heterocycles. The van der Waals surface area contributed by atoms with Gasteiger partial charge in [0.1, 0.15) is 18.1 Å². The zero-order chi connectivity index (χ0) is 14.7. The predicted octanol–water partition coefficient (Wildman–Crippen LogP) is 2.08. The molecule has 0 amide bonds. The third-order valence-corrected chi connectivity index (χ3v) is 2.92. The van der Waals surface area contributed by atoms with Crippen molar-refractivity contribution in [2.75, 3.05) is 0 Å². The molecule has 1 aromatic carbocycles. The van der Waals surface area contributed by atoms with E-state index in [0.717, 1.165) is 17.1 Å². The van der Waals surface area contributed by atoms with Crippen molar-refractivity contribution in [3.8, 4) is 11.6 Å². The molecule has 7 heteroatoms. The highest BCUT2D eigenvalue weighted by atomic mass is 19.1. The van der Waals surface area contributed by atoms with Gasteiger partial charge in [-0.3, -0.25) is 4.98 Å². The van der Waals surface area contributed by atoms with Crippen LogP contribution in [0.4, 0.5) is 4.39 Å². The molecular weight excluding hydrogens is 273 g/mol. The van der Waals surface area contributed by atoms with E-state index in [2.05, 4.69) is 20.3 Å². The van der Waals surface area contributed by atoms with E-state index in [9.17, 15) is 4.39 Å². The number of aryl methyl sites for hydroxylation is 1. The normalized spacial score (nSPS) is 10.6. The van der Waals surface area contributed by atoms with E-state index in [1.54, 1.807) is 29.2 Å². The summed E-state index contributed by atoms with van der Waals surface area (Å²) in [4.78, 5) is 7.97. The predicted molar refractivity (Wildman–Crippen MR) is 72.4 cm³/mol. The molecular formula is C14H12FN5O. The van der Waals surface area contributed by atoms with Crippen LogP contribution in [-0.2, 0) is 6.61 Å². The molecule has 3 aromatic rings. The Hall–Kier alpha value is -2.83. The van der Waals surface area contributed by atoms with Crippen molar-refractivity contribution in [2.24, 2.45) is 0 Å². The van der Waals surface area contributed by atoms with E-state index in [1.165, 1.54) is 18.3 Å². The number of ether oxygens (including phenoxy) is 1. The second kappa shape index (κ2) is 5.66. The van der Waals surface area contributed by atoms with Gasteiger partial charge in [-0.25, -0.2) is 14.1 Å². The van der Waals surface area contributed by atoms with Crippen LogP contribution in [0.3, 0.4) is 0 Å². The lowest BCUT2D eigenvalue weighted by Crippen LogP contribution is -2.07. The smallest absolute Gasteiger partial charge is 0.232 e. The van der Waals surface area contributed by atoms with Gasteiger partial charge in [-0.1, -0.05) is 5.21 Å². The Kier molecular flexibility index (Phi) is 3.55. The van der Waals surface area contributed by atoms with Crippen molar-refractivity contribution in [1.29, 1.82) is 0 Å². The Morgan fingerprint density at radius 2 is 2.00 bits per heavy atom. The number of rotatable bonds is 4. The van der Waals surface area contributed by atoms with Crippen LogP contribution in [0, 0.1) is 12.7 Å². The average molecular weight is 285 g/mol. The van der Waals surface area contributed by atoms with Crippen molar-refractivity contribution >= 4 is 0 Å². The maximum atomic E-state index is 13.0. The number of hydrogen-bond donors (Lipinski definition) is 0. The molecule has 3 rings (SSSR count). The van der Waals surface area contributed by atoms with Crippen LogP contribution >= 0.6 is 0 Å². The number of nitrogens with zero attached hydrogens (tertiary/aromatic N) is 5. The average Bonchev–Trinajstić information content (AvgIpc) is 2.88. The fourth-order valence-electron chi connectivity index (χ4n) is 1.83. The number of aromatic nitrogens is 5. The van der Waals surface area contributed by atoms with Crippen molar-refractivity contribution in [3.05, 3.63) is 60.1 Å². The van der Waals surface area contributed by atoms with Gasteiger partial charge in [0, 0.05) is 12.4 Å². The summed E-state index contributed by atoms with van der Waals surface area (Å²) in [6, 6.07) is 6.02. The van der Waals surface area contributed by atoms with Crippen molar-refractivity contribution in [2.45, 2.75) is 13.5 Å². The first-order valence-corrected chi connectivity index (χ1v) is 6.30. The lowest BCUT2D eigenvalue weighted by Gasteiger charge is -2.08. The lowest BCUT2D eigenvalue weighted by molar-refractivity contribution is 0.283. The summed E-state index contributed by atoms with van der Waals surface area (Å²) >= 11 is 0. The highest BCUT2D eigenvalue weighted by Crippen LogP contribution is 2.15. The Morgan fingerprint density at radius 3 is 2.71 bits per heavy atom. The Morgan fingerprint density at radius 1 is 1.19 bits per heavy atom. The minimum atomic E-state index is -0.298. The largest absolute Gasteiger partial charge is 0.470 e. The molecule has 0 unspecified atom stereocenters. The number of halogens is 1. The highest BCUT2D eigenvalue weighted by molar-refractivity contribution is 5.33. The first-order valence-electron chi connectivity index (χ1n) is 6.30. The molecule has 0 aliphatic heterocycles. The van der Waals surface area contributed by atoms with Gasteiger partial charge in [0.15, 0.2) is 0 Å². The first-order chi connectivity index (χ1) is 10.2. The minimum Gasteiger partial charge on any atom is -0.470 e. The summed E-state index contributed by atoms with van der Waals surface area (Å²) in [7, 11) is 0. The van der Waals surface area contributed by atoms with Crippen LogP contribution < -0.4 is 4.74 Å². The molecule has 0 saturated heterocycles. The van der Waals surface area contributed by atoms with Crippen LogP contribution in [0.5, 0.6) is 5.88 Å². The number of hydrogen-bond acceptors (Lipinski definition) is 5. The summed E-state index contributed by atoms with van der Waals surface area (Å²) in [6.07, 6.45) is 4.65. The molecule has 0 fully saturated rings. The van der Waals surface area contributed by atoms with Gasteiger partial charge in [-0.15, -0.1) is 5.10 Å². The van der Waals surface area contributed by atoms with Crippen LogP contribution in [0.15, 0.2) is 42.9 Å². The molecule has 0 spiro atoms. The van der Waals surface area contributed by atoms with Gasteiger partial charge < -0.3 is 4.74 Å². The van der Waals surface area contributed by atoms with Crippen LogP contribution in [0.1, 0.15) is 11.4 Å². The van der Waals surface area contributed by atoms with E-state index in [0.29, 0.717) is 5.88 Å². The van der Waals surface area contributed by atoms with Gasteiger partial charge in [-0.2, -0.15) is 0 Å². The molecule has 0 bridgehead atoms. The van der Waals surface area contributed by atoms with E-state index in [4.69, 9.17) is 4.74 Å². The van der Waals surface area contributed by atoms with E-state index >= 15 is 0 Å². The van der Waals surface area contributed by atoms with E-state index in [1.807, 2.05) is 6.92 Å². The molecule has 21 heavy (non-hydrogen) atoms. The zero-order valence-corrected chi connectivity index (χ0v) is 11.3. The molecule has 0 aliphatic carbocycles. The Balaban J connectivity index is 1.85. The van der Waals surface area contributed by atoms with Gasteiger partial charge in [0.25, 0.3) is 0 Å². The lowest BCUT2D eigenvalue weighted by atomic mass is 10.3. The highest BCUT2D eigenvalue weighted by Gasteiger charge is 2.12. The van der Waals surface area contributed by atoms with Gasteiger partial charge in [-0.05, 0) is 31.2 Å². The van der Waals surface area contributed by atoms with Crippen LogP contribution in [0.2, 0.25) is 0 Å². The maximum absolute atomic E-state index is 13.0. The molecule has 0 aliphatic rings. The van der Waals surface area contributed by atoms with Crippen LogP contribution in [0.25, 0.3) is 5.69 Å². The summed E-state index contributed by atoms with van der Waals surface area (Å²) in [5.41, 5.74) is 2.23. The van der Waals surface area contributed by atoms with Gasteiger partial charge in [0.05, 0.1) is 17.6 Å². The molecule has 0 radical (unpaired) electrons. The topological polar surface area (TPSA) is 65.7 Å². The maximum Gasteiger partial charge on any atom is 0.232 e. The second-order valence-corrected chi connectivity index (χ2v) is 4.34. The summed E-state index contributed by atoms with van der Waals surface area (Å²) < 4.78 is 20.2. The summed E-state index contributed by atoms with van der Waals surface area (Å²) in [5, 5.41) is 8.09. The first kappa shape index (κ1) is 13.2. The second-order valence-electron chi connectivity index (χ2n) is 4.34. The molecule has 0 atom stereocenters. The molecule has 106 valence electrons. The Bertz CT molecular complexity index is 727.